The SMILES string of the molecule is O=C(O)c1cc(Sc2ccccc2F)ncc1Cl. The molecule has 0 aliphatic heterocycles. The lowest BCUT2D eigenvalue weighted by atomic mass is 10.3. The Balaban J connectivity index is 2.33. The van der Waals surface area contributed by atoms with Gasteiger partial charge in [-0.2, -0.15) is 0 Å². The van der Waals surface area contributed by atoms with E-state index < -0.39 is 5.97 Å². The average molecular weight is 284 g/mol. The fraction of sp³-hybridized carbons (Fsp3) is 0. The van der Waals surface area contributed by atoms with Crippen molar-refractivity contribution in [2.24, 2.45) is 0 Å². The Hall–Kier alpha value is -1.59. The minimum atomic E-state index is -1.14. The highest BCUT2D eigenvalue weighted by Crippen LogP contribution is 2.30. The van der Waals surface area contributed by atoms with Gasteiger partial charge >= 0.3 is 5.97 Å². The topological polar surface area (TPSA) is 50.2 Å². The number of nitrogens with zero attached hydrogens (tertiary/aromatic N) is 1. The van der Waals surface area contributed by atoms with E-state index in [0.29, 0.717) is 9.92 Å². The fourth-order valence-corrected chi connectivity index (χ4v) is 2.28. The smallest absolute Gasteiger partial charge is 0.337 e. The quantitative estimate of drug-likeness (QED) is 0.932. The molecule has 0 bridgehead atoms. The molecule has 0 radical (unpaired) electrons. The summed E-state index contributed by atoms with van der Waals surface area (Å²) in [6.45, 7) is 0. The third-order valence-corrected chi connectivity index (χ3v) is 3.40. The molecule has 0 saturated heterocycles. The summed E-state index contributed by atoms with van der Waals surface area (Å²) in [6, 6.07) is 7.52. The van der Waals surface area contributed by atoms with E-state index in [1.165, 1.54) is 18.3 Å². The van der Waals surface area contributed by atoms with E-state index in [1.807, 2.05) is 0 Å². The van der Waals surface area contributed by atoms with E-state index in [2.05, 4.69) is 4.98 Å². The van der Waals surface area contributed by atoms with Gasteiger partial charge in [0.1, 0.15) is 10.8 Å². The predicted octanol–water partition coefficient (Wildman–Crippen LogP) is 3.72. The van der Waals surface area contributed by atoms with Gasteiger partial charge in [-0.1, -0.05) is 35.5 Å². The summed E-state index contributed by atoms with van der Waals surface area (Å²) in [5.41, 5.74) is -0.0505. The third-order valence-electron chi connectivity index (χ3n) is 2.11. The van der Waals surface area contributed by atoms with Crippen LogP contribution in [0, 0.1) is 5.82 Å². The highest BCUT2D eigenvalue weighted by molar-refractivity contribution is 7.99. The van der Waals surface area contributed by atoms with Crippen molar-refractivity contribution in [1.29, 1.82) is 0 Å². The Morgan fingerprint density at radius 2 is 2.11 bits per heavy atom. The lowest BCUT2D eigenvalue weighted by Gasteiger charge is -2.04. The maximum absolute atomic E-state index is 13.4. The number of benzene rings is 1. The molecule has 1 aromatic carbocycles. The first-order valence-electron chi connectivity index (χ1n) is 4.89. The largest absolute Gasteiger partial charge is 0.478 e. The Morgan fingerprint density at radius 1 is 1.39 bits per heavy atom. The number of halogens is 2. The van der Waals surface area contributed by atoms with Crippen molar-refractivity contribution in [3.05, 3.63) is 52.9 Å². The minimum Gasteiger partial charge on any atom is -0.478 e. The molecule has 6 heteroatoms. The normalized spacial score (nSPS) is 10.3. The van der Waals surface area contributed by atoms with Crippen molar-refractivity contribution in [1.82, 2.24) is 4.98 Å². The molecule has 1 N–H and O–H groups in total. The Morgan fingerprint density at radius 3 is 2.78 bits per heavy atom. The average Bonchev–Trinajstić information content (AvgIpc) is 2.34. The summed E-state index contributed by atoms with van der Waals surface area (Å²) < 4.78 is 13.4. The summed E-state index contributed by atoms with van der Waals surface area (Å²) in [4.78, 5) is 15.2. The first-order chi connectivity index (χ1) is 8.58. The number of hydrogen-bond acceptors (Lipinski definition) is 3. The van der Waals surface area contributed by atoms with Crippen molar-refractivity contribution < 1.29 is 14.3 Å². The van der Waals surface area contributed by atoms with Crippen molar-refractivity contribution in [2.75, 3.05) is 0 Å². The van der Waals surface area contributed by atoms with Gasteiger partial charge in [0.2, 0.25) is 0 Å². The molecule has 2 rings (SSSR count). The van der Waals surface area contributed by atoms with Crippen LogP contribution in [0.25, 0.3) is 0 Å². The molecule has 2 aromatic rings. The molecule has 0 aliphatic carbocycles. The summed E-state index contributed by atoms with van der Waals surface area (Å²) in [6.07, 6.45) is 1.24. The maximum atomic E-state index is 13.4. The van der Waals surface area contributed by atoms with Gasteiger partial charge in [0.05, 0.1) is 10.6 Å². The number of carboxylic acid groups (broad SMARTS) is 1. The second kappa shape index (κ2) is 5.37. The summed E-state index contributed by atoms with van der Waals surface area (Å²) in [7, 11) is 0. The van der Waals surface area contributed by atoms with Crippen LogP contribution in [-0.4, -0.2) is 16.1 Å². The number of hydrogen-bond donors (Lipinski definition) is 1. The molecular formula is C12H7ClFNO2S. The summed E-state index contributed by atoms with van der Waals surface area (Å²) >= 11 is 6.75. The first-order valence-corrected chi connectivity index (χ1v) is 6.08. The monoisotopic (exact) mass is 283 g/mol. The van der Waals surface area contributed by atoms with Crippen LogP contribution in [0.4, 0.5) is 4.39 Å². The maximum Gasteiger partial charge on any atom is 0.337 e. The molecule has 1 heterocycles. The molecule has 0 spiro atoms. The standard InChI is InChI=1S/C12H7ClFNO2S/c13-8-6-15-11(5-7(8)12(16)17)18-10-4-2-1-3-9(10)14/h1-6H,(H,16,17). The number of rotatable bonds is 3. The molecule has 0 atom stereocenters. The van der Waals surface area contributed by atoms with Gasteiger partial charge in [0, 0.05) is 11.1 Å². The van der Waals surface area contributed by atoms with Crippen molar-refractivity contribution in [3.63, 3.8) is 0 Å². The van der Waals surface area contributed by atoms with Crippen LogP contribution in [0.15, 0.2) is 46.5 Å². The molecule has 0 unspecified atom stereocenters. The number of carbonyl (C=O) groups is 1. The zero-order chi connectivity index (χ0) is 13.1. The summed E-state index contributed by atoms with van der Waals surface area (Å²) in [5.74, 6) is -1.52. The Labute approximate surface area is 112 Å². The molecular weight excluding hydrogens is 277 g/mol. The van der Waals surface area contributed by atoms with Gasteiger partial charge in [-0.25, -0.2) is 14.2 Å². The lowest BCUT2D eigenvalue weighted by Crippen LogP contribution is -1.98. The number of pyridine rings is 1. The second-order valence-corrected chi connectivity index (χ2v) is 4.81. The van der Waals surface area contributed by atoms with E-state index >= 15 is 0 Å². The zero-order valence-electron chi connectivity index (χ0n) is 8.93. The van der Waals surface area contributed by atoms with Gasteiger partial charge in [-0.05, 0) is 18.2 Å². The highest BCUT2D eigenvalue weighted by atomic mass is 35.5. The van der Waals surface area contributed by atoms with Crippen LogP contribution in [0.1, 0.15) is 10.4 Å². The lowest BCUT2D eigenvalue weighted by molar-refractivity contribution is 0.0696. The highest BCUT2D eigenvalue weighted by Gasteiger charge is 2.12. The van der Waals surface area contributed by atoms with Crippen LogP contribution in [0.3, 0.4) is 0 Å². The van der Waals surface area contributed by atoms with Crippen LogP contribution >= 0.6 is 23.4 Å². The number of aromatic nitrogens is 1. The van der Waals surface area contributed by atoms with E-state index in [-0.39, 0.29) is 16.4 Å². The fourth-order valence-electron chi connectivity index (χ4n) is 1.28. The molecule has 0 fully saturated rings. The van der Waals surface area contributed by atoms with Gasteiger partial charge < -0.3 is 5.11 Å². The number of aromatic carboxylic acids is 1. The van der Waals surface area contributed by atoms with Gasteiger partial charge in [-0.15, -0.1) is 0 Å². The number of carboxylic acids is 1. The van der Waals surface area contributed by atoms with E-state index in [0.717, 1.165) is 11.8 Å². The van der Waals surface area contributed by atoms with Crippen LogP contribution in [0.5, 0.6) is 0 Å². The van der Waals surface area contributed by atoms with Crippen molar-refractivity contribution >= 4 is 29.3 Å². The van der Waals surface area contributed by atoms with E-state index in [4.69, 9.17) is 16.7 Å². The van der Waals surface area contributed by atoms with Crippen molar-refractivity contribution in [2.45, 2.75) is 9.92 Å². The molecule has 3 nitrogen and oxygen atoms in total. The molecule has 0 saturated carbocycles. The zero-order valence-corrected chi connectivity index (χ0v) is 10.5. The van der Waals surface area contributed by atoms with E-state index in [1.54, 1.807) is 18.2 Å². The molecule has 18 heavy (non-hydrogen) atoms. The first kappa shape index (κ1) is 12.9. The van der Waals surface area contributed by atoms with E-state index in [9.17, 15) is 9.18 Å². The van der Waals surface area contributed by atoms with Gasteiger partial charge in [0.15, 0.2) is 0 Å². The second-order valence-electron chi connectivity index (χ2n) is 3.34. The Kier molecular flexibility index (Phi) is 3.84. The van der Waals surface area contributed by atoms with Crippen LogP contribution in [0.2, 0.25) is 5.02 Å². The minimum absolute atomic E-state index is 0.0505. The predicted molar refractivity (Wildman–Crippen MR) is 66.7 cm³/mol. The molecule has 1 aromatic heterocycles. The third kappa shape index (κ3) is 2.80. The molecule has 0 aliphatic rings. The van der Waals surface area contributed by atoms with Gasteiger partial charge in [-0.3, -0.25) is 0 Å². The van der Waals surface area contributed by atoms with Gasteiger partial charge in [0.25, 0.3) is 0 Å². The van der Waals surface area contributed by atoms with Crippen LogP contribution < -0.4 is 0 Å². The molecule has 0 amide bonds. The van der Waals surface area contributed by atoms with Crippen molar-refractivity contribution in [3.8, 4) is 0 Å². The summed E-state index contributed by atoms with van der Waals surface area (Å²) in [5, 5.41) is 9.35. The van der Waals surface area contributed by atoms with Crippen LogP contribution in [-0.2, 0) is 0 Å². The molecule has 92 valence electrons. The Bertz CT molecular complexity index is 606.